The lowest BCUT2D eigenvalue weighted by molar-refractivity contribution is -0.191. The van der Waals surface area contributed by atoms with E-state index in [1.807, 2.05) is 0 Å². The lowest BCUT2D eigenvalue weighted by Crippen LogP contribution is -2.58. The summed E-state index contributed by atoms with van der Waals surface area (Å²) in [7, 11) is 0. The molecule has 0 heterocycles. The first-order valence-corrected chi connectivity index (χ1v) is 15.7. The second-order valence-electron chi connectivity index (χ2n) is 13.2. The minimum absolute atomic E-state index is 0.104. The number of hydrogen-bond acceptors (Lipinski definition) is 14. The average Bonchev–Trinajstić information content (AvgIpc) is 3.19. The molecule has 0 amide bonds. The maximum atomic E-state index is 14.7. The number of esters is 6. The lowest BCUT2D eigenvalue weighted by Gasteiger charge is -2.42. The van der Waals surface area contributed by atoms with E-state index in [4.69, 9.17) is 28.4 Å². The van der Waals surface area contributed by atoms with Crippen molar-refractivity contribution in [3.63, 3.8) is 0 Å². The molecule has 0 bridgehead atoms. The van der Waals surface area contributed by atoms with E-state index in [2.05, 4.69) is 6.58 Å². The summed E-state index contributed by atoms with van der Waals surface area (Å²) in [4.78, 5) is 106. The first-order valence-electron chi connectivity index (χ1n) is 15.7. The third-order valence-corrected chi connectivity index (χ3v) is 8.51. The first-order chi connectivity index (χ1) is 22.4. The van der Waals surface area contributed by atoms with Gasteiger partial charge in [0.1, 0.15) is 6.10 Å². The molecule has 49 heavy (non-hydrogen) atoms. The van der Waals surface area contributed by atoms with Crippen molar-refractivity contribution in [1.82, 2.24) is 0 Å². The molecule has 1 fully saturated rings. The monoisotopic (exact) mass is 690 g/mol. The molecule has 2 rings (SSSR count). The SMILES string of the molecule is C=C1[C@@H](OC(C)=O)[C@@H]2[C@H](OC(C)=O)[C@@](C)(OC(C)=O)C[C@@]2(OC(C)=O)C(=O)[C@@H](C)/C=C/C(C)(C)C(=O)[C@@H](OC(=O)/C(C)=C\C)[C@@H]1OC(C)=O. The van der Waals surface area contributed by atoms with E-state index in [0.29, 0.717) is 0 Å². The van der Waals surface area contributed by atoms with Crippen molar-refractivity contribution >= 4 is 47.4 Å². The zero-order valence-electron chi connectivity index (χ0n) is 29.8. The van der Waals surface area contributed by atoms with E-state index in [9.17, 15) is 38.4 Å². The molecule has 8 atom stereocenters. The molecule has 1 saturated carbocycles. The van der Waals surface area contributed by atoms with Crippen molar-refractivity contribution in [3.05, 3.63) is 36.0 Å². The van der Waals surface area contributed by atoms with Gasteiger partial charge < -0.3 is 28.4 Å². The van der Waals surface area contributed by atoms with E-state index in [1.54, 1.807) is 6.92 Å². The van der Waals surface area contributed by atoms with Gasteiger partial charge in [0.15, 0.2) is 35.0 Å². The summed E-state index contributed by atoms with van der Waals surface area (Å²) in [6.07, 6.45) is -3.71. The van der Waals surface area contributed by atoms with E-state index in [1.165, 1.54) is 52.8 Å². The van der Waals surface area contributed by atoms with Crippen molar-refractivity contribution < 1.29 is 66.8 Å². The van der Waals surface area contributed by atoms with Crippen LogP contribution in [-0.2, 0) is 66.8 Å². The molecule has 0 saturated heterocycles. The van der Waals surface area contributed by atoms with Crippen LogP contribution in [0.3, 0.4) is 0 Å². The number of ketones is 2. The summed E-state index contributed by atoms with van der Waals surface area (Å²) in [5.41, 5.74) is -6.04. The van der Waals surface area contributed by atoms with Gasteiger partial charge >= 0.3 is 35.8 Å². The Hall–Kier alpha value is -4.62. The number of hydrogen-bond donors (Lipinski definition) is 0. The van der Waals surface area contributed by atoms with Crippen LogP contribution in [0.1, 0.15) is 82.6 Å². The number of Topliss-reactive ketones (excluding diaryl/α,β-unsaturated/α-hetero) is 2. The Labute approximate surface area is 285 Å². The van der Waals surface area contributed by atoms with Gasteiger partial charge in [-0.2, -0.15) is 0 Å². The normalized spacial score (nSPS) is 32.3. The van der Waals surface area contributed by atoms with E-state index >= 15 is 0 Å². The smallest absolute Gasteiger partial charge is 0.334 e. The van der Waals surface area contributed by atoms with Crippen LogP contribution < -0.4 is 0 Å². The van der Waals surface area contributed by atoms with Gasteiger partial charge in [0.2, 0.25) is 6.10 Å². The second-order valence-corrected chi connectivity index (χ2v) is 13.2. The molecule has 14 nitrogen and oxygen atoms in total. The van der Waals surface area contributed by atoms with Gasteiger partial charge in [-0.15, -0.1) is 0 Å². The predicted octanol–water partition coefficient (Wildman–Crippen LogP) is 3.23. The molecule has 2 aliphatic carbocycles. The van der Waals surface area contributed by atoms with Crippen LogP contribution in [0.5, 0.6) is 0 Å². The minimum Gasteiger partial charge on any atom is -0.458 e. The Morgan fingerprint density at radius 3 is 1.71 bits per heavy atom. The molecule has 0 unspecified atom stereocenters. The van der Waals surface area contributed by atoms with Crippen molar-refractivity contribution in [1.29, 1.82) is 0 Å². The molecular weight excluding hydrogens is 644 g/mol. The van der Waals surface area contributed by atoms with E-state index in [0.717, 1.165) is 34.6 Å². The Bertz CT molecular complexity index is 1480. The summed E-state index contributed by atoms with van der Waals surface area (Å²) in [5.74, 6) is -10.1. The maximum absolute atomic E-state index is 14.7. The zero-order chi connectivity index (χ0) is 37.8. The van der Waals surface area contributed by atoms with Crippen molar-refractivity contribution in [2.75, 3.05) is 0 Å². The number of ether oxygens (including phenoxy) is 6. The summed E-state index contributed by atoms with van der Waals surface area (Å²) >= 11 is 0. The zero-order valence-corrected chi connectivity index (χ0v) is 29.8. The number of carbonyl (C=O) groups excluding carboxylic acids is 8. The minimum atomic E-state index is -2.36. The molecule has 0 aromatic rings. The van der Waals surface area contributed by atoms with E-state index < -0.39 is 112 Å². The molecule has 0 aromatic carbocycles. The standard InChI is InChI=1S/C35H46O14/c1-13-17(2)32(43)47-28-27(45-21(6)37)19(4)26(44-20(5)36)25-31(46-22(7)38)34(12,48-23(8)39)16-35(25,49-24(9)40)29(41)18(3)14-15-33(10,11)30(28)42/h13-15,18,25-28,31H,4,16H2,1-3,5-12H3/b15-14+,17-13-/t18-,25+,26+,27+,28-,31-,34-,35-/m0/s1. The Morgan fingerprint density at radius 1 is 0.735 bits per heavy atom. The third kappa shape index (κ3) is 8.90. The Balaban J connectivity index is 3.23. The number of rotatable bonds is 7. The largest absolute Gasteiger partial charge is 0.458 e. The van der Waals surface area contributed by atoms with Gasteiger partial charge in [-0.25, -0.2) is 4.79 Å². The van der Waals surface area contributed by atoms with E-state index in [-0.39, 0.29) is 5.57 Å². The number of carbonyl (C=O) groups is 8. The second kappa shape index (κ2) is 15.3. The van der Waals surface area contributed by atoms with Gasteiger partial charge in [0, 0.05) is 63.5 Å². The van der Waals surface area contributed by atoms with Crippen LogP contribution >= 0.6 is 0 Å². The van der Waals surface area contributed by atoms with Gasteiger partial charge in [0.25, 0.3) is 0 Å². The van der Waals surface area contributed by atoms with Gasteiger partial charge in [0.05, 0.1) is 5.92 Å². The predicted molar refractivity (Wildman–Crippen MR) is 170 cm³/mol. The van der Waals surface area contributed by atoms with Crippen molar-refractivity contribution in [2.45, 2.75) is 118 Å². The lowest BCUT2D eigenvalue weighted by atomic mass is 9.72. The molecule has 0 N–H and O–H groups in total. The molecule has 14 heteroatoms. The van der Waals surface area contributed by atoms with Crippen molar-refractivity contribution in [3.8, 4) is 0 Å². The fourth-order valence-corrected chi connectivity index (χ4v) is 6.35. The van der Waals surface area contributed by atoms with Crippen LogP contribution in [0.25, 0.3) is 0 Å². The molecule has 0 aromatic heterocycles. The molecular formula is C35H46O14. The maximum Gasteiger partial charge on any atom is 0.334 e. The van der Waals surface area contributed by atoms with Gasteiger partial charge in [-0.05, 0) is 34.6 Å². The summed E-state index contributed by atoms with van der Waals surface area (Å²) in [6.45, 7) is 17.9. The summed E-state index contributed by atoms with van der Waals surface area (Å²) in [6, 6.07) is 0. The highest BCUT2D eigenvalue weighted by Crippen LogP contribution is 2.54. The van der Waals surface area contributed by atoms with Crippen molar-refractivity contribution in [2.24, 2.45) is 17.3 Å². The summed E-state index contributed by atoms with van der Waals surface area (Å²) in [5, 5.41) is 0. The highest BCUT2D eigenvalue weighted by atomic mass is 16.6. The van der Waals surface area contributed by atoms with Crippen LogP contribution in [0.2, 0.25) is 0 Å². The average molecular weight is 691 g/mol. The fraction of sp³-hybridized carbons (Fsp3) is 0.600. The molecule has 0 spiro atoms. The van der Waals surface area contributed by atoms with Crippen LogP contribution in [-0.4, -0.2) is 83.0 Å². The fourth-order valence-electron chi connectivity index (χ4n) is 6.35. The Kier molecular flexibility index (Phi) is 12.7. The molecule has 2 aliphatic rings. The highest BCUT2D eigenvalue weighted by molar-refractivity contribution is 5.97. The molecule has 270 valence electrons. The molecule has 0 radical (unpaired) electrons. The van der Waals surface area contributed by atoms with Gasteiger partial charge in [-0.3, -0.25) is 33.6 Å². The number of fused-ring (bicyclic) bond motifs is 1. The third-order valence-electron chi connectivity index (χ3n) is 8.51. The van der Waals surface area contributed by atoms with Crippen LogP contribution in [0, 0.1) is 17.3 Å². The number of allylic oxidation sites excluding steroid dienone is 3. The quantitative estimate of drug-likeness (QED) is 0.164. The summed E-state index contributed by atoms with van der Waals surface area (Å²) < 4.78 is 34.3. The molecule has 0 aliphatic heterocycles. The topological polar surface area (TPSA) is 192 Å². The van der Waals surface area contributed by atoms with Crippen LogP contribution in [0.4, 0.5) is 0 Å². The van der Waals surface area contributed by atoms with Gasteiger partial charge in [-0.1, -0.05) is 31.7 Å². The Morgan fingerprint density at radius 2 is 1.24 bits per heavy atom. The van der Waals surface area contributed by atoms with Crippen LogP contribution in [0.15, 0.2) is 36.0 Å². The first kappa shape index (κ1) is 40.6. The highest BCUT2D eigenvalue weighted by Gasteiger charge is 2.72.